The summed E-state index contributed by atoms with van der Waals surface area (Å²) in [4.78, 5) is 0. The van der Waals surface area contributed by atoms with E-state index in [1.807, 2.05) is 0 Å². The Morgan fingerprint density at radius 1 is 0.684 bits per heavy atom. The molecule has 6 unspecified atom stereocenters. The first-order valence-electron chi connectivity index (χ1n) is 8.97. The van der Waals surface area contributed by atoms with Gasteiger partial charge in [-0.25, -0.2) is 0 Å². The van der Waals surface area contributed by atoms with E-state index in [4.69, 9.17) is 5.73 Å². The molecule has 0 aliphatic heterocycles. The van der Waals surface area contributed by atoms with Crippen LogP contribution in [0, 0.1) is 58.7 Å². The smallest absolute Gasteiger partial charge is 0.0165 e. The first kappa shape index (κ1) is 9.82. The van der Waals surface area contributed by atoms with E-state index in [2.05, 4.69) is 0 Å². The number of nitrogens with two attached hydrogens (primary N) is 1. The summed E-state index contributed by atoms with van der Waals surface area (Å²) >= 11 is 0. The maximum atomic E-state index is 6.89. The summed E-state index contributed by atoms with van der Waals surface area (Å²) in [7, 11) is 0. The number of hydrogen-bond donors (Lipinski definition) is 1. The van der Waals surface area contributed by atoms with Crippen LogP contribution in [0.25, 0.3) is 0 Å². The van der Waals surface area contributed by atoms with Gasteiger partial charge in [0.15, 0.2) is 0 Å². The van der Waals surface area contributed by atoms with Gasteiger partial charge in [0.2, 0.25) is 0 Å². The average Bonchev–Trinajstić information content (AvgIpc) is 2.34. The number of hydrogen-bond acceptors (Lipinski definition) is 1. The minimum atomic E-state index is 0.289. The van der Waals surface area contributed by atoms with Crippen LogP contribution in [0.5, 0.6) is 0 Å². The quantitative estimate of drug-likeness (QED) is 0.707. The molecule has 10 saturated carbocycles. The molecule has 0 aromatic rings. The molecule has 0 saturated heterocycles. The highest BCUT2D eigenvalue weighted by molar-refractivity contribution is 5.29. The molecule has 1 nitrogen and oxygen atoms in total. The van der Waals surface area contributed by atoms with Crippen molar-refractivity contribution in [3.63, 3.8) is 0 Å². The van der Waals surface area contributed by atoms with Gasteiger partial charge >= 0.3 is 0 Å². The minimum Gasteiger partial charge on any atom is -0.325 e. The number of rotatable bonds is 0. The van der Waals surface area contributed by atoms with Crippen molar-refractivity contribution < 1.29 is 0 Å². The van der Waals surface area contributed by atoms with Crippen molar-refractivity contribution >= 4 is 0 Å². The molecule has 10 aliphatic carbocycles. The Morgan fingerprint density at radius 3 is 2.00 bits per heavy atom. The molecule has 11 bridgehead atoms. The maximum Gasteiger partial charge on any atom is 0.0165 e. The summed E-state index contributed by atoms with van der Waals surface area (Å²) < 4.78 is 0. The highest BCUT2D eigenvalue weighted by Gasteiger charge is 2.79. The van der Waals surface area contributed by atoms with Crippen LogP contribution >= 0.6 is 0 Å². The third kappa shape index (κ3) is 0.772. The molecule has 10 rings (SSSR count). The van der Waals surface area contributed by atoms with Crippen LogP contribution in [-0.4, -0.2) is 5.54 Å². The lowest BCUT2D eigenvalue weighted by Gasteiger charge is -2.84. The summed E-state index contributed by atoms with van der Waals surface area (Å²) in [6, 6.07) is 0. The first-order chi connectivity index (χ1) is 9.19. The van der Waals surface area contributed by atoms with Gasteiger partial charge in [-0.15, -0.1) is 0 Å². The van der Waals surface area contributed by atoms with E-state index in [-0.39, 0.29) is 5.54 Å². The van der Waals surface area contributed by atoms with Gasteiger partial charge in [0.1, 0.15) is 0 Å². The highest BCUT2D eigenvalue weighted by Crippen LogP contribution is 2.84. The third-order valence-corrected chi connectivity index (χ3v) is 9.76. The van der Waals surface area contributed by atoms with E-state index in [0.717, 1.165) is 40.9 Å². The highest BCUT2D eigenvalue weighted by atomic mass is 14.9. The molecule has 10 fully saturated rings. The predicted molar refractivity (Wildman–Crippen MR) is 73.1 cm³/mol. The van der Waals surface area contributed by atoms with Gasteiger partial charge in [0, 0.05) is 5.54 Å². The minimum absolute atomic E-state index is 0.289. The second-order valence-corrected chi connectivity index (χ2v) is 9.99. The zero-order valence-electron chi connectivity index (χ0n) is 11.7. The largest absolute Gasteiger partial charge is 0.325 e. The zero-order valence-corrected chi connectivity index (χ0v) is 11.7. The molecule has 10 aliphatic rings. The Kier molecular flexibility index (Phi) is 1.26. The summed E-state index contributed by atoms with van der Waals surface area (Å²) in [5.74, 6) is 10.2. The lowest BCUT2D eigenvalue weighted by Crippen LogP contribution is -2.81. The van der Waals surface area contributed by atoms with Crippen molar-refractivity contribution in [1.29, 1.82) is 0 Å². The molecule has 0 heterocycles. The summed E-state index contributed by atoms with van der Waals surface area (Å²) in [6.45, 7) is 0. The molecule has 1 heteroatoms. The lowest BCUT2D eigenvalue weighted by atomic mass is 9.21. The normalized spacial score (nSPS) is 80.4. The molecule has 0 radical (unpaired) electrons. The molecule has 0 amide bonds. The zero-order chi connectivity index (χ0) is 12.1. The topological polar surface area (TPSA) is 26.0 Å². The molecule has 1 spiro atoms. The monoisotopic (exact) mass is 255 g/mol. The van der Waals surface area contributed by atoms with E-state index < -0.39 is 0 Å². The Morgan fingerprint density at radius 2 is 1.32 bits per heavy atom. The Balaban J connectivity index is 1.55. The Bertz CT molecular complexity index is 478. The fourth-order valence-electron chi connectivity index (χ4n) is 10.4. The molecule has 102 valence electrons. The third-order valence-electron chi connectivity index (χ3n) is 9.76. The molecule has 0 aromatic heterocycles. The van der Waals surface area contributed by atoms with E-state index in [1.54, 1.807) is 25.7 Å². The van der Waals surface area contributed by atoms with Gasteiger partial charge in [0.05, 0.1) is 0 Å². The molecule has 19 heavy (non-hydrogen) atoms. The van der Waals surface area contributed by atoms with Gasteiger partial charge in [0.25, 0.3) is 0 Å². The van der Waals surface area contributed by atoms with Crippen LogP contribution in [0.4, 0.5) is 0 Å². The van der Waals surface area contributed by atoms with Crippen LogP contribution in [0.1, 0.15) is 44.9 Å². The first-order valence-corrected chi connectivity index (χ1v) is 8.97. The van der Waals surface area contributed by atoms with Gasteiger partial charge in [-0.1, -0.05) is 0 Å². The summed E-state index contributed by atoms with van der Waals surface area (Å²) in [5, 5.41) is 0. The standard InChI is InChI=1S/C18H25N/c19-17-5-13-10-3-9-11-1-8-2-12(9)16(14(10)6-17)18(4-8,7-17)15(11)13/h8-16H,1-7,19H2. The van der Waals surface area contributed by atoms with Crippen LogP contribution in [0.15, 0.2) is 0 Å². The molecule has 2 N–H and O–H groups in total. The fourth-order valence-corrected chi connectivity index (χ4v) is 10.4. The molecular weight excluding hydrogens is 230 g/mol. The van der Waals surface area contributed by atoms with Crippen LogP contribution in [0.3, 0.4) is 0 Å². The average molecular weight is 255 g/mol. The van der Waals surface area contributed by atoms with Crippen molar-refractivity contribution in [2.45, 2.75) is 50.5 Å². The van der Waals surface area contributed by atoms with Crippen LogP contribution in [0.2, 0.25) is 0 Å². The SMILES string of the molecule is NC12CC3C4CC5C6CC7CC5C(C4C1)C(C7)(C2)C63. The second-order valence-electron chi connectivity index (χ2n) is 9.99. The van der Waals surface area contributed by atoms with E-state index in [9.17, 15) is 0 Å². The van der Waals surface area contributed by atoms with Gasteiger partial charge in [-0.05, 0) is 104 Å². The van der Waals surface area contributed by atoms with Gasteiger partial charge in [-0.2, -0.15) is 0 Å². The van der Waals surface area contributed by atoms with Crippen molar-refractivity contribution in [3.8, 4) is 0 Å². The van der Waals surface area contributed by atoms with Crippen molar-refractivity contribution in [2.24, 2.45) is 64.4 Å². The van der Waals surface area contributed by atoms with Crippen molar-refractivity contribution in [2.75, 3.05) is 0 Å². The van der Waals surface area contributed by atoms with Crippen LogP contribution in [-0.2, 0) is 0 Å². The second kappa shape index (κ2) is 2.45. The molecular formula is C18H25N. The van der Waals surface area contributed by atoms with Crippen LogP contribution < -0.4 is 5.73 Å². The maximum absolute atomic E-state index is 6.89. The molecule has 6 atom stereocenters. The van der Waals surface area contributed by atoms with E-state index in [0.29, 0.717) is 0 Å². The van der Waals surface area contributed by atoms with Gasteiger partial charge in [-0.3, -0.25) is 0 Å². The predicted octanol–water partition coefficient (Wildman–Crippen LogP) is 3.04. The summed E-state index contributed by atoms with van der Waals surface area (Å²) in [5.41, 5.74) is 7.97. The Labute approximate surface area is 115 Å². The van der Waals surface area contributed by atoms with Crippen molar-refractivity contribution in [1.82, 2.24) is 0 Å². The van der Waals surface area contributed by atoms with E-state index in [1.165, 1.54) is 37.0 Å². The molecule has 0 aromatic carbocycles. The van der Waals surface area contributed by atoms with E-state index >= 15 is 0 Å². The fraction of sp³-hybridized carbons (Fsp3) is 1.00. The summed E-state index contributed by atoms with van der Waals surface area (Å²) in [6.07, 6.45) is 10.8. The lowest BCUT2D eigenvalue weighted by molar-refractivity contribution is -0.350. The Hall–Kier alpha value is -0.0400. The van der Waals surface area contributed by atoms with Crippen molar-refractivity contribution in [3.05, 3.63) is 0 Å². The van der Waals surface area contributed by atoms with Gasteiger partial charge < -0.3 is 5.73 Å².